The van der Waals surface area contributed by atoms with Gasteiger partial charge in [-0.25, -0.2) is 8.42 Å². The number of H-pyrrole nitrogens is 2. The predicted octanol–water partition coefficient (Wildman–Crippen LogP) is 0.583. The molecule has 1 heterocycles. The van der Waals surface area contributed by atoms with Crippen molar-refractivity contribution in [3.63, 3.8) is 0 Å². The molecular formula is C13H14N2O4S. The standard InChI is InChI=1S/C13H14N2O4S/c1-8-9(7-20(2,18)19)4-3-5-10(8)11-6-14-15-13(17)12(11)16/h3-6H,7H2,1-2H3,(H,14,16)(H,15,17). The fourth-order valence-corrected chi connectivity index (χ4v) is 2.91. The van der Waals surface area contributed by atoms with Gasteiger partial charge in [0.05, 0.1) is 11.3 Å². The Morgan fingerprint density at radius 1 is 1.15 bits per heavy atom. The molecule has 0 radical (unpaired) electrons. The van der Waals surface area contributed by atoms with Crippen molar-refractivity contribution in [3.8, 4) is 11.1 Å². The Kier molecular flexibility index (Phi) is 3.63. The van der Waals surface area contributed by atoms with Crippen molar-refractivity contribution in [1.29, 1.82) is 0 Å². The van der Waals surface area contributed by atoms with Gasteiger partial charge in [0.2, 0.25) is 0 Å². The Bertz CT molecular complexity index is 862. The van der Waals surface area contributed by atoms with E-state index in [1.54, 1.807) is 25.1 Å². The highest BCUT2D eigenvalue weighted by Crippen LogP contribution is 2.23. The summed E-state index contributed by atoms with van der Waals surface area (Å²) in [7, 11) is -3.17. The van der Waals surface area contributed by atoms with Crippen LogP contribution >= 0.6 is 0 Å². The molecule has 0 amide bonds. The van der Waals surface area contributed by atoms with Gasteiger partial charge in [0.1, 0.15) is 0 Å². The second kappa shape index (κ2) is 5.09. The van der Waals surface area contributed by atoms with Crippen molar-refractivity contribution in [3.05, 3.63) is 56.1 Å². The Morgan fingerprint density at radius 3 is 2.50 bits per heavy atom. The highest BCUT2D eigenvalue weighted by Gasteiger charge is 2.13. The first-order chi connectivity index (χ1) is 9.29. The van der Waals surface area contributed by atoms with Crippen LogP contribution in [0, 0.1) is 6.92 Å². The van der Waals surface area contributed by atoms with Crippen LogP contribution in [0.1, 0.15) is 11.1 Å². The molecule has 0 aliphatic heterocycles. The maximum atomic E-state index is 11.8. The summed E-state index contributed by atoms with van der Waals surface area (Å²) in [5, 5.41) is 4.70. The number of benzene rings is 1. The fraction of sp³-hybridized carbons (Fsp3) is 0.231. The van der Waals surface area contributed by atoms with Crippen molar-refractivity contribution < 1.29 is 8.42 Å². The molecule has 0 aliphatic rings. The van der Waals surface area contributed by atoms with Crippen molar-refractivity contribution in [2.45, 2.75) is 12.7 Å². The maximum absolute atomic E-state index is 11.8. The summed E-state index contributed by atoms with van der Waals surface area (Å²) in [6.45, 7) is 1.73. The van der Waals surface area contributed by atoms with Crippen molar-refractivity contribution in [2.24, 2.45) is 0 Å². The number of rotatable bonds is 3. The second-order valence-corrected chi connectivity index (χ2v) is 6.79. The predicted molar refractivity (Wildman–Crippen MR) is 76.4 cm³/mol. The van der Waals surface area contributed by atoms with E-state index in [1.165, 1.54) is 6.20 Å². The lowest BCUT2D eigenvalue weighted by Crippen LogP contribution is -2.28. The lowest BCUT2D eigenvalue weighted by Gasteiger charge is -2.10. The van der Waals surface area contributed by atoms with Crippen LogP contribution in [0.5, 0.6) is 0 Å². The number of nitrogens with one attached hydrogen (secondary N) is 2. The summed E-state index contributed by atoms with van der Waals surface area (Å²) in [5.41, 5.74) is 0.678. The van der Waals surface area contributed by atoms with Gasteiger partial charge in [-0.2, -0.15) is 0 Å². The Balaban J connectivity index is 2.65. The Morgan fingerprint density at radius 2 is 1.85 bits per heavy atom. The molecule has 1 aromatic heterocycles. The summed E-state index contributed by atoms with van der Waals surface area (Å²) in [4.78, 5) is 23.2. The topological polar surface area (TPSA) is 99.9 Å². The quantitative estimate of drug-likeness (QED) is 0.809. The first kappa shape index (κ1) is 14.3. The summed E-state index contributed by atoms with van der Waals surface area (Å²) in [5.74, 6) is -0.103. The van der Waals surface area contributed by atoms with Crippen molar-refractivity contribution in [2.75, 3.05) is 6.26 Å². The molecule has 20 heavy (non-hydrogen) atoms. The number of aromatic amines is 2. The molecule has 0 unspecified atom stereocenters. The van der Waals surface area contributed by atoms with Crippen LogP contribution in [0.25, 0.3) is 11.1 Å². The molecule has 0 spiro atoms. The zero-order valence-corrected chi connectivity index (χ0v) is 11.9. The molecule has 0 bridgehead atoms. The zero-order chi connectivity index (χ0) is 14.9. The maximum Gasteiger partial charge on any atom is 0.310 e. The number of hydrogen-bond donors (Lipinski definition) is 2. The van der Waals surface area contributed by atoms with Crippen LogP contribution in [-0.2, 0) is 15.6 Å². The largest absolute Gasteiger partial charge is 0.310 e. The first-order valence-corrected chi connectivity index (χ1v) is 7.92. The van der Waals surface area contributed by atoms with E-state index >= 15 is 0 Å². The number of aromatic nitrogens is 2. The van der Waals surface area contributed by atoms with E-state index in [4.69, 9.17) is 0 Å². The van der Waals surface area contributed by atoms with E-state index in [9.17, 15) is 18.0 Å². The van der Waals surface area contributed by atoms with Crippen LogP contribution < -0.4 is 11.0 Å². The SMILES string of the molecule is Cc1c(CS(C)(=O)=O)cccc1-c1c[nH][nH]c(=O)c1=O. The van der Waals surface area contributed by atoms with Crippen LogP contribution in [-0.4, -0.2) is 24.9 Å². The van der Waals surface area contributed by atoms with Gasteiger partial charge in [-0.15, -0.1) is 0 Å². The molecule has 106 valence electrons. The highest BCUT2D eigenvalue weighted by atomic mass is 32.2. The molecule has 2 N–H and O–H groups in total. The average Bonchev–Trinajstić information content (AvgIpc) is 2.34. The molecule has 1 aromatic carbocycles. The van der Waals surface area contributed by atoms with Crippen LogP contribution in [0.4, 0.5) is 0 Å². The van der Waals surface area contributed by atoms with E-state index in [0.717, 1.165) is 6.26 Å². The monoisotopic (exact) mass is 294 g/mol. The summed E-state index contributed by atoms with van der Waals surface area (Å²) in [6, 6.07) is 5.05. The van der Waals surface area contributed by atoms with Gasteiger partial charge >= 0.3 is 5.56 Å². The molecule has 0 atom stereocenters. The van der Waals surface area contributed by atoms with E-state index < -0.39 is 20.8 Å². The van der Waals surface area contributed by atoms with Crippen LogP contribution in [0.15, 0.2) is 34.0 Å². The molecule has 0 aliphatic carbocycles. The zero-order valence-electron chi connectivity index (χ0n) is 11.1. The van der Waals surface area contributed by atoms with Gasteiger partial charge in [0, 0.05) is 12.5 Å². The van der Waals surface area contributed by atoms with E-state index in [0.29, 0.717) is 16.7 Å². The minimum atomic E-state index is -3.17. The second-order valence-electron chi connectivity index (χ2n) is 4.65. The van der Waals surface area contributed by atoms with Gasteiger partial charge in [-0.3, -0.25) is 14.7 Å². The van der Waals surface area contributed by atoms with Crippen LogP contribution in [0.2, 0.25) is 0 Å². The molecule has 0 saturated carbocycles. The summed E-state index contributed by atoms with van der Waals surface area (Å²) < 4.78 is 22.8. The molecule has 0 saturated heterocycles. The normalized spacial score (nSPS) is 11.5. The third kappa shape index (κ3) is 2.88. The molecule has 6 nitrogen and oxygen atoms in total. The lowest BCUT2D eigenvalue weighted by atomic mass is 9.98. The van der Waals surface area contributed by atoms with Crippen molar-refractivity contribution >= 4 is 9.84 Å². The molecular weight excluding hydrogens is 280 g/mol. The van der Waals surface area contributed by atoms with Gasteiger partial charge in [-0.05, 0) is 23.6 Å². The van der Waals surface area contributed by atoms with E-state index in [1.807, 2.05) is 0 Å². The van der Waals surface area contributed by atoms with E-state index in [-0.39, 0.29) is 11.3 Å². The molecule has 2 aromatic rings. The summed E-state index contributed by atoms with van der Waals surface area (Å²) in [6.07, 6.45) is 2.55. The fourth-order valence-electron chi connectivity index (χ4n) is 2.03. The molecule has 0 fully saturated rings. The molecule has 7 heteroatoms. The number of sulfone groups is 1. The van der Waals surface area contributed by atoms with Gasteiger partial charge < -0.3 is 5.10 Å². The first-order valence-electron chi connectivity index (χ1n) is 5.86. The minimum absolute atomic E-state index is 0.103. The number of hydrogen-bond acceptors (Lipinski definition) is 4. The molecule has 2 rings (SSSR count). The Labute approximate surface area is 115 Å². The minimum Gasteiger partial charge on any atom is -0.305 e. The average molecular weight is 294 g/mol. The van der Waals surface area contributed by atoms with Gasteiger partial charge in [-0.1, -0.05) is 18.2 Å². The van der Waals surface area contributed by atoms with Crippen LogP contribution in [0.3, 0.4) is 0 Å². The Hall–Kier alpha value is -2.15. The van der Waals surface area contributed by atoms with E-state index in [2.05, 4.69) is 10.2 Å². The third-order valence-corrected chi connectivity index (χ3v) is 3.84. The lowest BCUT2D eigenvalue weighted by molar-refractivity contribution is 0.601. The highest BCUT2D eigenvalue weighted by molar-refractivity contribution is 7.89. The van der Waals surface area contributed by atoms with Gasteiger partial charge in [0.15, 0.2) is 9.84 Å². The van der Waals surface area contributed by atoms with Gasteiger partial charge in [0.25, 0.3) is 5.43 Å². The smallest absolute Gasteiger partial charge is 0.305 e. The van der Waals surface area contributed by atoms with Crippen molar-refractivity contribution in [1.82, 2.24) is 10.2 Å². The summed E-state index contributed by atoms with van der Waals surface area (Å²) >= 11 is 0. The third-order valence-electron chi connectivity index (χ3n) is 3.01.